The van der Waals surface area contributed by atoms with Gasteiger partial charge < -0.3 is 19.7 Å². The lowest BCUT2D eigenvalue weighted by molar-refractivity contribution is -0.116. The van der Waals surface area contributed by atoms with E-state index in [1.165, 1.54) is 16.2 Å². The van der Waals surface area contributed by atoms with Crippen molar-refractivity contribution in [2.75, 3.05) is 38.7 Å². The van der Waals surface area contributed by atoms with Crippen molar-refractivity contribution in [2.24, 2.45) is 0 Å². The molecule has 0 atom stereocenters. The summed E-state index contributed by atoms with van der Waals surface area (Å²) < 4.78 is 10.7. The van der Waals surface area contributed by atoms with E-state index in [9.17, 15) is 9.59 Å². The summed E-state index contributed by atoms with van der Waals surface area (Å²) in [4.78, 5) is 30.8. The summed E-state index contributed by atoms with van der Waals surface area (Å²) in [5, 5.41) is 5.01. The molecule has 1 N–H and O–H groups in total. The first-order valence-electron chi connectivity index (χ1n) is 9.34. The zero-order valence-corrected chi connectivity index (χ0v) is 17.2. The van der Waals surface area contributed by atoms with Crippen LogP contribution >= 0.6 is 11.3 Å². The Labute approximate surface area is 169 Å². The van der Waals surface area contributed by atoms with Crippen LogP contribution in [0.5, 0.6) is 5.75 Å². The number of carbonyl (C=O) groups is 2. The zero-order valence-electron chi connectivity index (χ0n) is 16.3. The van der Waals surface area contributed by atoms with E-state index >= 15 is 0 Å². The number of carbonyl (C=O) groups excluding carboxylic acids is 2. The fourth-order valence-electron chi connectivity index (χ4n) is 2.48. The average Bonchev–Trinajstić information content (AvgIpc) is 3.20. The molecular weight excluding hydrogens is 378 g/mol. The van der Waals surface area contributed by atoms with Crippen molar-refractivity contribution in [3.05, 3.63) is 41.4 Å². The summed E-state index contributed by atoms with van der Waals surface area (Å²) in [5.41, 5.74) is 0.516. The van der Waals surface area contributed by atoms with Crippen molar-refractivity contribution < 1.29 is 19.1 Å². The van der Waals surface area contributed by atoms with Crippen LogP contribution in [0.25, 0.3) is 0 Å². The molecule has 0 bridgehead atoms. The van der Waals surface area contributed by atoms with Gasteiger partial charge in [-0.3, -0.25) is 9.59 Å². The molecule has 7 nitrogen and oxygen atoms in total. The quantitative estimate of drug-likeness (QED) is 0.547. The number of thiazole rings is 1. The van der Waals surface area contributed by atoms with Crippen molar-refractivity contribution in [1.29, 1.82) is 0 Å². The third-order valence-electron chi connectivity index (χ3n) is 3.94. The predicted molar refractivity (Wildman–Crippen MR) is 110 cm³/mol. The lowest BCUT2D eigenvalue weighted by atomic mass is 10.2. The Hall–Kier alpha value is -2.45. The number of nitrogens with zero attached hydrogens (tertiary/aromatic N) is 2. The van der Waals surface area contributed by atoms with Crippen LogP contribution in [0.4, 0.5) is 5.13 Å². The molecule has 0 radical (unpaired) electrons. The van der Waals surface area contributed by atoms with Gasteiger partial charge in [-0.25, -0.2) is 4.98 Å². The van der Waals surface area contributed by atoms with Crippen LogP contribution in [-0.2, 0) is 9.53 Å². The molecule has 1 aromatic heterocycles. The first-order chi connectivity index (χ1) is 13.6. The van der Waals surface area contributed by atoms with Crippen LogP contribution < -0.4 is 10.1 Å². The van der Waals surface area contributed by atoms with Gasteiger partial charge in [0.15, 0.2) is 5.13 Å². The fraction of sp³-hybridized carbons (Fsp3) is 0.450. The normalized spacial score (nSPS) is 10.5. The van der Waals surface area contributed by atoms with E-state index < -0.39 is 0 Å². The largest absolute Gasteiger partial charge is 0.494 e. The van der Waals surface area contributed by atoms with Crippen molar-refractivity contribution in [2.45, 2.75) is 26.2 Å². The number of benzene rings is 1. The standard InChI is InChI=1S/C20H27N3O4S/c1-3-4-13-27-17-8-6-16(7-9-17)19(25)23(11-5-12-26-2)15-18(24)22-20-21-10-14-28-20/h6-10,14H,3-5,11-13,15H2,1-2H3,(H,21,22,24). The molecule has 0 spiro atoms. The summed E-state index contributed by atoms with van der Waals surface area (Å²) in [5.74, 6) is 0.253. The SMILES string of the molecule is CCCCOc1ccc(C(=O)N(CCCOC)CC(=O)Nc2nccs2)cc1. The molecule has 0 saturated heterocycles. The third-order valence-corrected chi connectivity index (χ3v) is 4.63. The maximum atomic E-state index is 12.9. The van der Waals surface area contributed by atoms with Gasteiger partial charge >= 0.3 is 0 Å². The van der Waals surface area contributed by atoms with Crippen molar-refractivity contribution in [3.63, 3.8) is 0 Å². The highest BCUT2D eigenvalue weighted by Gasteiger charge is 2.19. The van der Waals surface area contributed by atoms with E-state index in [2.05, 4.69) is 17.2 Å². The predicted octanol–water partition coefficient (Wildman–Crippen LogP) is 3.44. The molecule has 0 aliphatic carbocycles. The van der Waals surface area contributed by atoms with E-state index in [1.54, 1.807) is 43.0 Å². The molecule has 1 aromatic carbocycles. The van der Waals surface area contributed by atoms with Gasteiger partial charge in [-0.15, -0.1) is 11.3 Å². The fourth-order valence-corrected chi connectivity index (χ4v) is 3.03. The van der Waals surface area contributed by atoms with Crippen LogP contribution in [0.2, 0.25) is 0 Å². The average molecular weight is 406 g/mol. The Morgan fingerprint density at radius 2 is 1.96 bits per heavy atom. The number of nitrogens with one attached hydrogen (secondary N) is 1. The van der Waals surface area contributed by atoms with Crippen molar-refractivity contribution >= 4 is 28.3 Å². The summed E-state index contributed by atoms with van der Waals surface area (Å²) in [6.45, 7) is 3.66. The summed E-state index contributed by atoms with van der Waals surface area (Å²) in [6.07, 6.45) is 4.31. The molecule has 152 valence electrons. The first-order valence-corrected chi connectivity index (χ1v) is 10.2. The molecule has 8 heteroatoms. The third kappa shape index (κ3) is 7.28. The highest BCUT2D eigenvalue weighted by atomic mass is 32.1. The Morgan fingerprint density at radius 1 is 1.18 bits per heavy atom. The van der Waals surface area contributed by atoms with Crippen LogP contribution in [-0.4, -0.2) is 55.1 Å². The van der Waals surface area contributed by atoms with Gasteiger partial charge in [0.25, 0.3) is 5.91 Å². The van der Waals surface area contributed by atoms with Gasteiger partial charge in [0.1, 0.15) is 12.3 Å². The Bertz CT molecular complexity index is 720. The molecule has 0 unspecified atom stereocenters. The number of anilines is 1. The van der Waals surface area contributed by atoms with Crippen molar-refractivity contribution in [1.82, 2.24) is 9.88 Å². The monoisotopic (exact) mass is 405 g/mol. The number of unbranched alkanes of at least 4 members (excludes halogenated alkanes) is 1. The van der Waals surface area contributed by atoms with E-state index in [0.29, 0.717) is 36.9 Å². The molecule has 0 saturated carbocycles. The van der Waals surface area contributed by atoms with Crippen LogP contribution in [0, 0.1) is 0 Å². The van der Waals surface area contributed by atoms with Gasteiger partial charge in [0, 0.05) is 37.4 Å². The summed E-state index contributed by atoms with van der Waals surface area (Å²) in [7, 11) is 1.61. The minimum atomic E-state index is -0.278. The van der Waals surface area contributed by atoms with Gasteiger partial charge in [0.05, 0.1) is 6.61 Å². The Morgan fingerprint density at radius 3 is 2.61 bits per heavy atom. The minimum Gasteiger partial charge on any atom is -0.494 e. The highest BCUT2D eigenvalue weighted by Crippen LogP contribution is 2.15. The lowest BCUT2D eigenvalue weighted by Crippen LogP contribution is -2.39. The number of amides is 2. The number of hydrogen-bond donors (Lipinski definition) is 1. The second kappa shape index (κ2) is 12.1. The van der Waals surface area contributed by atoms with Crippen LogP contribution in [0.15, 0.2) is 35.8 Å². The Kier molecular flexibility index (Phi) is 9.44. The maximum absolute atomic E-state index is 12.9. The molecule has 28 heavy (non-hydrogen) atoms. The van der Waals surface area contributed by atoms with E-state index in [-0.39, 0.29) is 18.4 Å². The Balaban J connectivity index is 1.99. The van der Waals surface area contributed by atoms with Gasteiger partial charge in [-0.1, -0.05) is 13.3 Å². The number of rotatable bonds is 12. The number of ether oxygens (including phenoxy) is 2. The lowest BCUT2D eigenvalue weighted by Gasteiger charge is -2.22. The molecule has 0 fully saturated rings. The summed E-state index contributed by atoms with van der Waals surface area (Å²) >= 11 is 1.33. The maximum Gasteiger partial charge on any atom is 0.254 e. The van der Waals surface area contributed by atoms with Crippen molar-refractivity contribution in [3.8, 4) is 5.75 Å². The molecule has 1 heterocycles. The minimum absolute atomic E-state index is 0.0448. The van der Waals surface area contributed by atoms with E-state index in [1.807, 2.05) is 0 Å². The van der Waals surface area contributed by atoms with Gasteiger partial charge in [-0.05, 0) is 37.1 Å². The number of methoxy groups -OCH3 is 1. The van der Waals surface area contributed by atoms with E-state index in [4.69, 9.17) is 9.47 Å². The molecule has 2 aromatic rings. The first kappa shape index (κ1) is 21.8. The van der Waals surface area contributed by atoms with E-state index in [0.717, 1.165) is 18.6 Å². The van der Waals surface area contributed by atoms with Gasteiger partial charge in [0.2, 0.25) is 5.91 Å². The summed E-state index contributed by atoms with van der Waals surface area (Å²) in [6, 6.07) is 7.02. The molecule has 0 aliphatic rings. The second-order valence-electron chi connectivity index (χ2n) is 6.18. The topological polar surface area (TPSA) is 80.8 Å². The molecular formula is C20H27N3O4S. The number of hydrogen-bond acceptors (Lipinski definition) is 6. The van der Waals surface area contributed by atoms with Crippen LogP contribution in [0.1, 0.15) is 36.5 Å². The molecule has 0 aliphatic heterocycles. The molecule has 2 rings (SSSR count). The highest BCUT2D eigenvalue weighted by molar-refractivity contribution is 7.13. The van der Waals surface area contributed by atoms with Crippen LogP contribution in [0.3, 0.4) is 0 Å². The molecule has 2 amide bonds. The van der Waals surface area contributed by atoms with Gasteiger partial charge in [-0.2, -0.15) is 0 Å². The zero-order chi connectivity index (χ0) is 20.2. The smallest absolute Gasteiger partial charge is 0.254 e. The number of aromatic nitrogens is 1. The second-order valence-corrected chi connectivity index (χ2v) is 7.08.